The van der Waals surface area contributed by atoms with E-state index in [2.05, 4.69) is 31.9 Å². The zero-order valence-electron chi connectivity index (χ0n) is 10.5. The molecule has 0 saturated carbocycles. The molecule has 0 aliphatic rings. The summed E-state index contributed by atoms with van der Waals surface area (Å²) in [6.07, 6.45) is 0. The lowest BCUT2D eigenvalue weighted by molar-refractivity contribution is 0.0471. The van der Waals surface area contributed by atoms with Crippen molar-refractivity contribution >= 4 is 43.5 Å². The first-order valence-electron chi connectivity index (χ1n) is 5.74. The van der Waals surface area contributed by atoms with Crippen molar-refractivity contribution in [1.82, 2.24) is 0 Å². The van der Waals surface area contributed by atoms with E-state index in [1.807, 2.05) is 0 Å². The third-order valence-electron chi connectivity index (χ3n) is 2.66. The van der Waals surface area contributed by atoms with Crippen molar-refractivity contribution < 1.29 is 18.3 Å². The highest BCUT2D eigenvalue weighted by atomic mass is 79.9. The van der Waals surface area contributed by atoms with Gasteiger partial charge in [0.05, 0.1) is 15.7 Å². The predicted octanol–water partition coefficient (Wildman–Crippen LogP) is 4.43. The number of anilines is 1. The van der Waals surface area contributed by atoms with Gasteiger partial charge in [-0.25, -0.2) is 13.6 Å². The fraction of sp³-hybridized carbons (Fsp3) is 0.0714. The van der Waals surface area contributed by atoms with E-state index in [9.17, 15) is 13.6 Å². The fourth-order valence-corrected chi connectivity index (χ4v) is 2.48. The Bertz CT molecular complexity index is 708. The normalized spacial score (nSPS) is 10.5. The highest BCUT2D eigenvalue weighted by molar-refractivity contribution is 9.10. The third-order valence-corrected chi connectivity index (χ3v) is 3.92. The van der Waals surface area contributed by atoms with Crippen molar-refractivity contribution in [3.8, 4) is 0 Å². The SMILES string of the molecule is Nc1cc(C(=O)OCc2ccc(F)c(Br)c2)c(Br)cc1F. The molecule has 0 spiro atoms. The van der Waals surface area contributed by atoms with E-state index in [0.717, 1.165) is 6.07 Å². The zero-order valence-corrected chi connectivity index (χ0v) is 13.7. The summed E-state index contributed by atoms with van der Waals surface area (Å²) in [5, 5.41) is 0. The number of hydrogen-bond acceptors (Lipinski definition) is 3. The molecule has 0 amide bonds. The van der Waals surface area contributed by atoms with Crippen molar-refractivity contribution in [2.75, 3.05) is 5.73 Å². The Morgan fingerprint density at radius 2 is 1.81 bits per heavy atom. The van der Waals surface area contributed by atoms with Gasteiger partial charge in [-0.3, -0.25) is 0 Å². The number of nitrogen functional groups attached to an aromatic ring is 1. The molecular weight excluding hydrogens is 412 g/mol. The van der Waals surface area contributed by atoms with Crippen molar-refractivity contribution in [3.63, 3.8) is 0 Å². The Labute approximate surface area is 136 Å². The first-order valence-corrected chi connectivity index (χ1v) is 7.32. The van der Waals surface area contributed by atoms with E-state index in [0.29, 0.717) is 5.56 Å². The summed E-state index contributed by atoms with van der Waals surface area (Å²) in [5.41, 5.74) is 6.01. The number of nitrogens with two attached hydrogens (primary N) is 1. The van der Waals surface area contributed by atoms with Crippen LogP contribution in [0.4, 0.5) is 14.5 Å². The number of hydrogen-bond donors (Lipinski definition) is 1. The van der Waals surface area contributed by atoms with Crippen molar-refractivity contribution in [1.29, 1.82) is 0 Å². The second-order valence-electron chi connectivity index (χ2n) is 4.18. The Hall–Kier alpha value is -1.47. The van der Waals surface area contributed by atoms with Gasteiger partial charge in [-0.2, -0.15) is 0 Å². The summed E-state index contributed by atoms with van der Waals surface area (Å²) in [6.45, 7) is -0.0402. The van der Waals surface area contributed by atoms with Gasteiger partial charge in [0.2, 0.25) is 0 Å². The predicted molar refractivity (Wildman–Crippen MR) is 81.7 cm³/mol. The summed E-state index contributed by atoms with van der Waals surface area (Å²) in [6, 6.07) is 6.57. The number of carbonyl (C=O) groups is 1. The zero-order chi connectivity index (χ0) is 15.6. The number of ether oxygens (including phenoxy) is 1. The fourth-order valence-electron chi connectivity index (χ4n) is 1.58. The first-order chi connectivity index (χ1) is 9.88. The van der Waals surface area contributed by atoms with Gasteiger partial charge in [-0.05, 0) is 61.7 Å². The van der Waals surface area contributed by atoms with Crippen LogP contribution in [-0.2, 0) is 11.3 Å². The van der Waals surface area contributed by atoms with Gasteiger partial charge >= 0.3 is 5.97 Å². The molecule has 0 fully saturated rings. The van der Waals surface area contributed by atoms with E-state index in [-0.39, 0.29) is 26.8 Å². The minimum atomic E-state index is -0.658. The van der Waals surface area contributed by atoms with Crippen LogP contribution in [0.5, 0.6) is 0 Å². The highest BCUT2D eigenvalue weighted by Gasteiger charge is 2.15. The maximum atomic E-state index is 13.2. The highest BCUT2D eigenvalue weighted by Crippen LogP contribution is 2.24. The summed E-state index contributed by atoms with van der Waals surface area (Å²) in [7, 11) is 0. The van der Waals surface area contributed by atoms with Crippen LogP contribution in [0.3, 0.4) is 0 Å². The van der Waals surface area contributed by atoms with Crippen LogP contribution in [0.15, 0.2) is 39.3 Å². The van der Waals surface area contributed by atoms with Gasteiger partial charge in [0.1, 0.15) is 18.2 Å². The molecule has 0 aliphatic carbocycles. The van der Waals surface area contributed by atoms with E-state index >= 15 is 0 Å². The molecule has 0 heterocycles. The summed E-state index contributed by atoms with van der Waals surface area (Å²) in [5.74, 6) is -1.69. The third kappa shape index (κ3) is 3.79. The van der Waals surface area contributed by atoms with Crippen LogP contribution in [0.2, 0.25) is 0 Å². The quantitative estimate of drug-likeness (QED) is 0.590. The van der Waals surface area contributed by atoms with Crippen molar-refractivity contribution in [2.45, 2.75) is 6.61 Å². The lowest BCUT2D eigenvalue weighted by Gasteiger charge is -2.08. The standard InChI is InChI=1S/C14H9Br2F2NO2/c15-9-5-12(18)13(19)4-8(9)14(20)21-6-7-1-2-11(17)10(16)3-7/h1-5H,6,19H2. The van der Waals surface area contributed by atoms with Crippen LogP contribution in [0.1, 0.15) is 15.9 Å². The van der Waals surface area contributed by atoms with E-state index in [1.165, 1.54) is 24.3 Å². The Kier molecular flexibility index (Phi) is 4.95. The molecule has 0 aliphatic heterocycles. The van der Waals surface area contributed by atoms with Gasteiger partial charge in [0.15, 0.2) is 0 Å². The van der Waals surface area contributed by atoms with Crippen LogP contribution < -0.4 is 5.73 Å². The average Bonchev–Trinajstić information content (AvgIpc) is 2.44. The number of halogens is 4. The first kappa shape index (κ1) is 15.9. The number of benzene rings is 2. The minimum Gasteiger partial charge on any atom is -0.457 e. The second kappa shape index (κ2) is 6.53. The molecule has 21 heavy (non-hydrogen) atoms. The van der Waals surface area contributed by atoms with Crippen LogP contribution >= 0.6 is 31.9 Å². The largest absolute Gasteiger partial charge is 0.457 e. The van der Waals surface area contributed by atoms with Crippen molar-refractivity contribution in [3.05, 3.63) is 62.0 Å². The summed E-state index contributed by atoms with van der Waals surface area (Å²) >= 11 is 6.12. The number of rotatable bonds is 3. The van der Waals surface area contributed by atoms with E-state index in [4.69, 9.17) is 10.5 Å². The molecule has 0 radical (unpaired) electrons. The van der Waals surface area contributed by atoms with E-state index < -0.39 is 17.6 Å². The molecule has 2 aromatic rings. The molecule has 0 unspecified atom stereocenters. The van der Waals surface area contributed by atoms with E-state index in [1.54, 1.807) is 0 Å². The monoisotopic (exact) mass is 419 g/mol. The molecule has 7 heteroatoms. The molecule has 2 aromatic carbocycles. The number of carbonyl (C=O) groups excluding carboxylic acids is 1. The van der Waals surface area contributed by atoms with Crippen molar-refractivity contribution in [2.24, 2.45) is 0 Å². The molecule has 0 aromatic heterocycles. The number of esters is 1. The smallest absolute Gasteiger partial charge is 0.339 e. The molecule has 0 bridgehead atoms. The molecule has 2 rings (SSSR count). The molecule has 2 N–H and O–H groups in total. The van der Waals surface area contributed by atoms with Gasteiger partial charge in [-0.15, -0.1) is 0 Å². The maximum absolute atomic E-state index is 13.2. The molecule has 0 atom stereocenters. The maximum Gasteiger partial charge on any atom is 0.339 e. The second-order valence-corrected chi connectivity index (χ2v) is 5.89. The van der Waals surface area contributed by atoms with Gasteiger partial charge in [-0.1, -0.05) is 6.07 Å². The lowest BCUT2D eigenvalue weighted by Crippen LogP contribution is -2.08. The topological polar surface area (TPSA) is 52.3 Å². The Morgan fingerprint density at radius 1 is 1.10 bits per heavy atom. The Balaban J connectivity index is 2.11. The molecular formula is C14H9Br2F2NO2. The van der Waals surface area contributed by atoms with Crippen LogP contribution in [0.25, 0.3) is 0 Å². The summed E-state index contributed by atoms with van der Waals surface area (Å²) < 4.78 is 31.9. The average molecular weight is 421 g/mol. The van der Waals surface area contributed by atoms with Crippen LogP contribution in [0, 0.1) is 11.6 Å². The lowest BCUT2D eigenvalue weighted by atomic mass is 10.2. The van der Waals surface area contributed by atoms with Gasteiger partial charge in [0.25, 0.3) is 0 Å². The van der Waals surface area contributed by atoms with Gasteiger partial charge in [0, 0.05) is 4.47 Å². The van der Waals surface area contributed by atoms with Crippen LogP contribution in [-0.4, -0.2) is 5.97 Å². The minimum absolute atomic E-state index is 0.0402. The molecule has 110 valence electrons. The molecule has 0 saturated heterocycles. The van der Waals surface area contributed by atoms with Gasteiger partial charge < -0.3 is 10.5 Å². The summed E-state index contributed by atoms with van der Waals surface area (Å²) in [4.78, 5) is 11.9. The Morgan fingerprint density at radius 3 is 2.48 bits per heavy atom. The molecule has 3 nitrogen and oxygen atoms in total.